The predicted octanol–water partition coefficient (Wildman–Crippen LogP) is 3.57. The van der Waals surface area contributed by atoms with Gasteiger partial charge in [-0.05, 0) is 25.0 Å². The molecule has 0 heterocycles. The van der Waals surface area contributed by atoms with Gasteiger partial charge in [0.05, 0.1) is 4.91 Å². The molecule has 0 bridgehead atoms. The van der Waals surface area contributed by atoms with E-state index < -0.39 is 21.1 Å². The van der Waals surface area contributed by atoms with Crippen LogP contribution in [0, 0.1) is 0 Å². The molecule has 23 heavy (non-hydrogen) atoms. The summed E-state index contributed by atoms with van der Waals surface area (Å²) in [6.07, 6.45) is 0. The summed E-state index contributed by atoms with van der Waals surface area (Å²) < 4.78 is 26.1. The number of carbonyl (C=O) groups is 1. The first kappa shape index (κ1) is 17.0. The quantitative estimate of drug-likeness (QED) is 0.851. The van der Waals surface area contributed by atoms with Gasteiger partial charge < -0.3 is 5.11 Å². The SMILES string of the molecule is CC(C(=O)O)=C(C)S(=O)(=O)C(c1ccccc1)c1ccccc1. The molecule has 0 aliphatic carbocycles. The molecular formula is C18H18O4S. The lowest BCUT2D eigenvalue weighted by Gasteiger charge is -2.20. The van der Waals surface area contributed by atoms with Gasteiger partial charge in [0, 0.05) is 5.57 Å². The van der Waals surface area contributed by atoms with E-state index in [9.17, 15) is 13.2 Å². The van der Waals surface area contributed by atoms with Crippen LogP contribution in [0.2, 0.25) is 0 Å². The molecule has 2 aromatic rings. The van der Waals surface area contributed by atoms with Gasteiger partial charge in [0.15, 0.2) is 9.84 Å². The molecule has 2 rings (SSSR count). The second-order valence-corrected chi connectivity index (χ2v) is 7.41. The highest BCUT2D eigenvalue weighted by atomic mass is 32.2. The maximum atomic E-state index is 13.1. The highest BCUT2D eigenvalue weighted by Crippen LogP contribution is 2.35. The summed E-state index contributed by atoms with van der Waals surface area (Å²) in [5, 5.41) is 8.19. The summed E-state index contributed by atoms with van der Waals surface area (Å²) in [6.45, 7) is 2.65. The number of hydrogen-bond donors (Lipinski definition) is 1. The van der Waals surface area contributed by atoms with Crippen LogP contribution in [0.4, 0.5) is 0 Å². The van der Waals surface area contributed by atoms with E-state index in [-0.39, 0.29) is 10.5 Å². The van der Waals surface area contributed by atoms with Crippen LogP contribution in [0.25, 0.3) is 0 Å². The highest BCUT2D eigenvalue weighted by molar-refractivity contribution is 7.95. The van der Waals surface area contributed by atoms with Crippen molar-refractivity contribution in [3.63, 3.8) is 0 Å². The zero-order valence-electron chi connectivity index (χ0n) is 12.9. The van der Waals surface area contributed by atoms with Crippen molar-refractivity contribution in [2.45, 2.75) is 19.1 Å². The summed E-state index contributed by atoms with van der Waals surface area (Å²) in [5.41, 5.74) is 1.05. The standard InChI is InChI=1S/C18H18O4S/c1-13(18(19)20)14(2)23(21,22)17(15-9-5-3-6-10-15)16-11-7-4-8-12-16/h3-12,17H,1-2H3,(H,19,20). The fourth-order valence-electron chi connectivity index (χ4n) is 2.35. The summed E-state index contributed by atoms with van der Waals surface area (Å²) in [4.78, 5) is 11.0. The number of benzene rings is 2. The molecule has 0 saturated carbocycles. The smallest absolute Gasteiger partial charge is 0.332 e. The number of rotatable bonds is 5. The van der Waals surface area contributed by atoms with Crippen LogP contribution < -0.4 is 0 Å². The first-order valence-corrected chi connectivity index (χ1v) is 8.65. The molecule has 0 saturated heterocycles. The van der Waals surface area contributed by atoms with Crippen LogP contribution in [0.5, 0.6) is 0 Å². The minimum atomic E-state index is -3.85. The van der Waals surface area contributed by atoms with Crippen molar-refractivity contribution in [3.05, 3.63) is 82.3 Å². The Labute approximate surface area is 136 Å². The lowest BCUT2D eigenvalue weighted by atomic mass is 10.0. The van der Waals surface area contributed by atoms with Crippen molar-refractivity contribution >= 4 is 15.8 Å². The van der Waals surface area contributed by atoms with E-state index in [0.29, 0.717) is 11.1 Å². The molecule has 0 aliphatic rings. The Hall–Kier alpha value is -2.40. The van der Waals surface area contributed by atoms with Crippen molar-refractivity contribution in [1.29, 1.82) is 0 Å². The molecule has 0 radical (unpaired) electrons. The fraction of sp³-hybridized carbons (Fsp3) is 0.167. The van der Waals surface area contributed by atoms with E-state index >= 15 is 0 Å². The number of sulfone groups is 1. The number of hydrogen-bond acceptors (Lipinski definition) is 3. The number of carboxylic acid groups (broad SMARTS) is 1. The minimum Gasteiger partial charge on any atom is -0.478 e. The van der Waals surface area contributed by atoms with Crippen LogP contribution in [0.3, 0.4) is 0 Å². The Morgan fingerprint density at radius 1 is 0.870 bits per heavy atom. The molecule has 0 unspecified atom stereocenters. The Kier molecular flexibility index (Phi) is 5.01. The van der Waals surface area contributed by atoms with Crippen molar-refractivity contribution < 1.29 is 18.3 Å². The van der Waals surface area contributed by atoms with Gasteiger partial charge in [-0.1, -0.05) is 60.7 Å². The molecule has 2 aromatic carbocycles. The zero-order valence-corrected chi connectivity index (χ0v) is 13.7. The Morgan fingerprint density at radius 3 is 1.61 bits per heavy atom. The summed E-state index contributed by atoms with van der Waals surface area (Å²) >= 11 is 0. The maximum absolute atomic E-state index is 13.1. The summed E-state index contributed by atoms with van der Waals surface area (Å²) in [5.74, 6) is -1.23. The van der Waals surface area contributed by atoms with Gasteiger partial charge in [-0.15, -0.1) is 0 Å². The Bertz CT molecular complexity index is 782. The molecule has 5 heteroatoms. The van der Waals surface area contributed by atoms with Gasteiger partial charge >= 0.3 is 5.97 Å². The van der Waals surface area contributed by atoms with Gasteiger partial charge in [0.1, 0.15) is 5.25 Å². The van der Waals surface area contributed by atoms with E-state index in [1.165, 1.54) is 13.8 Å². The summed E-state index contributed by atoms with van der Waals surface area (Å²) in [7, 11) is -3.85. The Balaban J connectivity index is 2.69. The lowest BCUT2D eigenvalue weighted by molar-refractivity contribution is -0.132. The molecule has 0 spiro atoms. The largest absolute Gasteiger partial charge is 0.478 e. The average molecular weight is 330 g/mol. The zero-order chi connectivity index (χ0) is 17.0. The van der Waals surface area contributed by atoms with Crippen molar-refractivity contribution in [2.24, 2.45) is 0 Å². The average Bonchev–Trinajstić information content (AvgIpc) is 2.55. The summed E-state index contributed by atoms with van der Waals surface area (Å²) in [6, 6.07) is 17.6. The van der Waals surface area contributed by atoms with Crippen LogP contribution in [-0.4, -0.2) is 19.5 Å². The van der Waals surface area contributed by atoms with Gasteiger partial charge in [0.25, 0.3) is 0 Å². The minimum absolute atomic E-state index is 0.122. The van der Waals surface area contributed by atoms with Gasteiger partial charge in [0.2, 0.25) is 0 Å². The third-order valence-electron chi connectivity index (χ3n) is 3.79. The fourth-order valence-corrected chi connectivity index (χ4v) is 4.25. The van der Waals surface area contributed by atoms with E-state index in [2.05, 4.69) is 0 Å². The van der Waals surface area contributed by atoms with E-state index in [0.717, 1.165) is 0 Å². The topological polar surface area (TPSA) is 71.4 Å². The molecule has 0 aliphatic heterocycles. The first-order valence-electron chi connectivity index (χ1n) is 7.10. The molecule has 0 aromatic heterocycles. The third kappa shape index (κ3) is 3.51. The molecular weight excluding hydrogens is 312 g/mol. The number of allylic oxidation sites excluding steroid dienone is 1. The van der Waals surface area contributed by atoms with E-state index in [1.807, 2.05) is 12.1 Å². The number of carboxylic acids is 1. The monoisotopic (exact) mass is 330 g/mol. The van der Waals surface area contributed by atoms with Crippen LogP contribution in [-0.2, 0) is 14.6 Å². The van der Waals surface area contributed by atoms with Crippen LogP contribution in [0.1, 0.15) is 30.2 Å². The first-order chi connectivity index (χ1) is 10.9. The molecule has 0 atom stereocenters. The molecule has 0 amide bonds. The Morgan fingerprint density at radius 2 is 1.26 bits per heavy atom. The lowest BCUT2D eigenvalue weighted by Crippen LogP contribution is -2.18. The normalized spacial score (nSPS) is 12.8. The number of aliphatic carboxylic acids is 1. The second kappa shape index (κ2) is 6.79. The van der Waals surface area contributed by atoms with Gasteiger partial charge in [-0.3, -0.25) is 0 Å². The molecule has 0 fully saturated rings. The maximum Gasteiger partial charge on any atom is 0.332 e. The predicted molar refractivity (Wildman–Crippen MR) is 89.7 cm³/mol. The molecule has 4 nitrogen and oxygen atoms in total. The van der Waals surface area contributed by atoms with E-state index in [1.54, 1.807) is 48.5 Å². The van der Waals surface area contributed by atoms with Gasteiger partial charge in [-0.2, -0.15) is 0 Å². The van der Waals surface area contributed by atoms with Crippen LogP contribution >= 0.6 is 0 Å². The van der Waals surface area contributed by atoms with Crippen LogP contribution in [0.15, 0.2) is 71.1 Å². The second-order valence-electron chi connectivity index (χ2n) is 5.23. The van der Waals surface area contributed by atoms with Gasteiger partial charge in [-0.25, -0.2) is 13.2 Å². The molecule has 120 valence electrons. The van der Waals surface area contributed by atoms with Crippen molar-refractivity contribution in [2.75, 3.05) is 0 Å². The van der Waals surface area contributed by atoms with Crippen molar-refractivity contribution in [1.82, 2.24) is 0 Å². The third-order valence-corrected chi connectivity index (χ3v) is 6.12. The van der Waals surface area contributed by atoms with Crippen molar-refractivity contribution in [3.8, 4) is 0 Å². The molecule has 1 N–H and O–H groups in total. The highest BCUT2D eigenvalue weighted by Gasteiger charge is 2.32. The van der Waals surface area contributed by atoms with E-state index in [4.69, 9.17) is 5.11 Å².